The minimum absolute atomic E-state index is 0.00672. The van der Waals surface area contributed by atoms with Gasteiger partial charge in [0.1, 0.15) is 18.0 Å². The van der Waals surface area contributed by atoms with E-state index in [-0.39, 0.29) is 31.3 Å². The van der Waals surface area contributed by atoms with E-state index in [1.165, 1.54) is 18.9 Å². The van der Waals surface area contributed by atoms with Gasteiger partial charge >= 0.3 is 12.1 Å². The number of fused-ring (bicyclic) bond motifs is 2. The number of para-hydroxylation sites is 2. The zero-order valence-electron chi connectivity index (χ0n) is 35.4. The first-order chi connectivity index (χ1) is 27.3. The summed E-state index contributed by atoms with van der Waals surface area (Å²) in [5, 5.41) is 14.6. The van der Waals surface area contributed by atoms with E-state index < -0.39 is 89.2 Å². The van der Waals surface area contributed by atoms with Gasteiger partial charge in [0, 0.05) is 50.5 Å². The molecule has 58 heavy (non-hydrogen) atoms. The third kappa shape index (κ3) is 8.89. The Morgan fingerprint density at radius 1 is 1.07 bits per heavy atom. The van der Waals surface area contributed by atoms with Crippen LogP contribution in [0.25, 0.3) is 11.0 Å². The lowest BCUT2D eigenvalue weighted by molar-refractivity contribution is -0.290. The van der Waals surface area contributed by atoms with Crippen LogP contribution >= 0.6 is 0 Å². The molecule has 3 fully saturated rings. The second-order valence-corrected chi connectivity index (χ2v) is 17.0. The van der Waals surface area contributed by atoms with Crippen molar-refractivity contribution in [2.75, 3.05) is 20.2 Å². The summed E-state index contributed by atoms with van der Waals surface area (Å²) in [6.45, 7) is 17.5. The maximum absolute atomic E-state index is 16.9. The number of aromatic nitrogens is 2. The van der Waals surface area contributed by atoms with Crippen molar-refractivity contribution >= 4 is 34.7 Å². The average Bonchev–Trinajstić information content (AvgIpc) is 3.72. The molecule has 4 heterocycles. The summed E-state index contributed by atoms with van der Waals surface area (Å²) in [5.74, 6) is -5.80. The van der Waals surface area contributed by atoms with E-state index in [2.05, 4.69) is 16.9 Å². The minimum atomic E-state index is -3.18. The fourth-order valence-electron chi connectivity index (χ4n) is 9.41. The number of carbonyl (C=O) groups excluding carboxylic acids is 4. The Morgan fingerprint density at radius 3 is 2.43 bits per heavy atom. The van der Waals surface area contributed by atoms with Gasteiger partial charge in [-0.05, 0) is 71.9 Å². The molecule has 0 radical (unpaired) electrons. The Balaban J connectivity index is 1.48. The number of carbonyl (C=O) groups is 4. The van der Waals surface area contributed by atoms with E-state index in [9.17, 15) is 24.3 Å². The zero-order valence-corrected chi connectivity index (χ0v) is 35.4. The van der Waals surface area contributed by atoms with Crippen molar-refractivity contribution in [1.82, 2.24) is 19.8 Å². The van der Waals surface area contributed by atoms with E-state index in [1.54, 1.807) is 47.0 Å². The third-order valence-electron chi connectivity index (χ3n) is 12.6. The van der Waals surface area contributed by atoms with Crippen LogP contribution in [0.3, 0.4) is 0 Å². The molecule has 1 unspecified atom stereocenters. The summed E-state index contributed by atoms with van der Waals surface area (Å²) in [7, 11) is 1.40. The number of nitrogens with zero attached hydrogens (tertiary/aromatic N) is 3. The molecule has 322 valence electrons. The first-order valence-corrected chi connectivity index (χ1v) is 20.6. The number of unbranched alkanes of at least 4 members (excludes halogenated alkanes) is 1. The first-order valence-electron chi connectivity index (χ1n) is 20.6. The molecule has 1 aromatic heterocycles. The summed E-state index contributed by atoms with van der Waals surface area (Å²) < 4.78 is 49.5. The summed E-state index contributed by atoms with van der Waals surface area (Å²) in [5.41, 5.74) is -4.35. The highest BCUT2D eigenvalue weighted by molar-refractivity contribution is 6.08. The van der Waals surface area contributed by atoms with E-state index in [1.807, 2.05) is 35.8 Å². The van der Waals surface area contributed by atoms with Crippen molar-refractivity contribution < 1.29 is 52.4 Å². The van der Waals surface area contributed by atoms with Gasteiger partial charge in [0.15, 0.2) is 17.7 Å². The molecule has 5 rings (SSSR count). The lowest BCUT2D eigenvalue weighted by Crippen LogP contribution is -2.62. The molecule has 13 atom stereocenters. The number of aliphatic hydroxyl groups excluding tert-OH is 1. The summed E-state index contributed by atoms with van der Waals surface area (Å²) >= 11 is 0. The number of aryl methyl sites for hydroxylation is 1. The van der Waals surface area contributed by atoms with Crippen LogP contribution in [0.15, 0.2) is 43.2 Å². The first kappa shape index (κ1) is 45.3. The lowest BCUT2D eigenvalue weighted by atomic mass is 9.73. The quantitative estimate of drug-likeness (QED) is 0.123. The van der Waals surface area contributed by atoms with Crippen LogP contribution in [-0.4, -0.2) is 123 Å². The van der Waals surface area contributed by atoms with Gasteiger partial charge in [-0.2, -0.15) is 0 Å². The number of ketones is 2. The Kier molecular flexibility index (Phi) is 14.3. The Bertz CT molecular complexity index is 1800. The summed E-state index contributed by atoms with van der Waals surface area (Å²) in [4.78, 5) is 62.7. The lowest BCUT2D eigenvalue weighted by Gasteiger charge is -2.46. The van der Waals surface area contributed by atoms with Gasteiger partial charge in [-0.1, -0.05) is 45.9 Å². The van der Waals surface area contributed by atoms with Crippen molar-refractivity contribution in [3.63, 3.8) is 0 Å². The number of ether oxygens (including phenoxy) is 5. The molecule has 2 N–H and O–H groups in total. The molecular formula is C43H63FN4O10. The smallest absolute Gasteiger partial charge is 0.410 e. The van der Waals surface area contributed by atoms with Gasteiger partial charge in [0.05, 0.1) is 41.2 Å². The summed E-state index contributed by atoms with van der Waals surface area (Å²) in [6, 6.07) is 6.43. The molecule has 1 amide bonds. The number of aliphatic hydroxyl groups is 1. The van der Waals surface area contributed by atoms with E-state index in [0.29, 0.717) is 32.4 Å². The SMILES string of the molecule is C=CCN[C@H]1C[C@@H](C)O[C@@H](O[C@@H]2[C@H](C)C(=O)[C@](C)(F)C(=O)O[C@H](CC)[C@@]3(C)OC(=O)N(CCCCn4cnc5ccccc54)C3[C@@H](C)C(=O)[C@H](C)C[C@@]2(C)OC)[C@H]1O. The van der Waals surface area contributed by atoms with Crippen LogP contribution in [-0.2, 0) is 44.6 Å². The van der Waals surface area contributed by atoms with E-state index in [0.717, 1.165) is 18.0 Å². The molecular weight excluding hydrogens is 751 g/mol. The Morgan fingerprint density at radius 2 is 1.76 bits per heavy atom. The number of amides is 1. The molecule has 3 saturated heterocycles. The van der Waals surface area contributed by atoms with Crippen LogP contribution in [0.5, 0.6) is 0 Å². The average molecular weight is 815 g/mol. The molecule has 14 nitrogen and oxygen atoms in total. The normalized spacial score (nSPS) is 37.9. The van der Waals surface area contributed by atoms with Gasteiger partial charge in [-0.15, -0.1) is 6.58 Å². The second kappa shape index (κ2) is 18.2. The number of benzene rings is 1. The minimum Gasteiger partial charge on any atom is -0.455 e. The van der Waals surface area contributed by atoms with Gasteiger partial charge < -0.3 is 43.6 Å². The predicted octanol–water partition coefficient (Wildman–Crippen LogP) is 5.33. The number of alkyl halides is 1. The van der Waals surface area contributed by atoms with Crippen molar-refractivity contribution in [1.29, 1.82) is 0 Å². The zero-order chi connectivity index (χ0) is 42.7. The molecule has 1 aromatic carbocycles. The third-order valence-corrected chi connectivity index (χ3v) is 12.6. The topological polar surface area (TPSA) is 168 Å². The molecule has 3 aliphatic rings. The molecule has 0 saturated carbocycles. The molecule has 15 heteroatoms. The van der Waals surface area contributed by atoms with Crippen LogP contribution in [0.2, 0.25) is 0 Å². The second-order valence-electron chi connectivity index (χ2n) is 17.0. The largest absolute Gasteiger partial charge is 0.455 e. The molecule has 0 bridgehead atoms. The number of hydrogen-bond donors (Lipinski definition) is 2. The highest BCUT2D eigenvalue weighted by Gasteiger charge is 2.61. The van der Waals surface area contributed by atoms with Gasteiger partial charge in [0.25, 0.3) is 5.67 Å². The number of rotatable bonds is 12. The van der Waals surface area contributed by atoms with Crippen LogP contribution in [0.4, 0.5) is 9.18 Å². The van der Waals surface area contributed by atoms with E-state index in [4.69, 9.17) is 23.7 Å². The van der Waals surface area contributed by atoms with Crippen LogP contribution in [0.1, 0.15) is 87.5 Å². The Labute approximate surface area is 341 Å². The van der Waals surface area contributed by atoms with Gasteiger partial charge in [0.2, 0.25) is 0 Å². The van der Waals surface area contributed by atoms with Gasteiger partial charge in [-0.25, -0.2) is 19.0 Å². The highest BCUT2D eigenvalue weighted by atomic mass is 19.1. The maximum Gasteiger partial charge on any atom is 0.410 e. The van der Waals surface area contributed by atoms with Crippen molar-refractivity contribution in [3.05, 3.63) is 43.2 Å². The number of halogens is 1. The molecule has 0 spiro atoms. The number of nitrogens with one attached hydrogen (secondary N) is 1. The standard InChI is InChI=1S/C43H63FN4O10/c1-11-19-45-30-22-26(4)55-38(34(30)50)57-37-28(6)36(51)42(8,44)39(52)56-32(12-2)43(9)35(27(5)33(49)25(3)23-41(37,7)54-10)48(40(53)58-43)21-16-15-20-47-24-46-29-17-13-14-18-31(29)47/h11,13-14,17-18,24-28,30,32,34-35,37-38,45,50H,1,12,15-16,19-23H2,2-10H3/t25-,26-,27+,28-,30+,32-,34+,35?,37-,38+,41-,42+,43-/m1/s1. The van der Waals surface area contributed by atoms with Crippen molar-refractivity contribution in [2.24, 2.45) is 17.8 Å². The fraction of sp³-hybridized carbons (Fsp3) is 0.698. The molecule has 0 aliphatic carbocycles. The number of methoxy groups -OCH3 is 1. The van der Waals surface area contributed by atoms with E-state index >= 15 is 4.39 Å². The Hall–Kier alpha value is -3.76. The number of imidazole rings is 1. The molecule has 3 aliphatic heterocycles. The number of cyclic esters (lactones) is 1. The molecule has 2 aromatic rings. The van der Waals surface area contributed by atoms with Crippen molar-refractivity contribution in [2.45, 2.75) is 154 Å². The number of Topliss-reactive ketones (excluding diaryl/α,β-unsaturated/α-hetero) is 2. The van der Waals surface area contributed by atoms with Gasteiger partial charge in [-0.3, -0.25) is 9.59 Å². The predicted molar refractivity (Wildman–Crippen MR) is 213 cm³/mol. The van der Waals surface area contributed by atoms with Crippen LogP contribution < -0.4 is 5.32 Å². The summed E-state index contributed by atoms with van der Waals surface area (Å²) in [6.07, 6.45) is -0.877. The highest BCUT2D eigenvalue weighted by Crippen LogP contribution is 2.43. The fourth-order valence-corrected chi connectivity index (χ4v) is 9.41. The monoisotopic (exact) mass is 814 g/mol. The number of esters is 1. The van der Waals surface area contributed by atoms with Crippen molar-refractivity contribution in [3.8, 4) is 0 Å². The van der Waals surface area contributed by atoms with Crippen LogP contribution in [0, 0.1) is 17.8 Å². The number of hydrogen-bond acceptors (Lipinski definition) is 12. The maximum atomic E-state index is 16.9.